The maximum absolute atomic E-state index is 12.1. The number of fused-ring (bicyclic) bond motifs is 5. The molecule has 0 aliphatic heterocycles. The van der Waals surface area contributed by atoms with Crippen LogP contribution in [0.4, 0.5) is 0 Å². The SMILES string of the molecule is CC(C)C(CCC(C)C1CCC2C3CC(OS(=O)(=O)O)C4CC(OS(=O)(=O)O)C(OS(=O)(=O)O)CC4(C)C3CCC12C)C(C)C. The second-order valence-corrected chi connectivity index (χ2v) is 18.9. The lowest BCUT2D eigenvalue weighted by Gasteiger charge is -2.63. The summed E-state index contributed by atoms with van der Waals surface area (Å²) >= 11 is 0. The first-order valence-electron chi connectivity index (χ1n) is 16.4. The van der Waals surface area contributed by atoms with Crippen LogP contribution in [0, 0.1) is 64.1 Å². The quantitative estimate of drug-likeness (QED) is 0.208. The molecule has 12 nitrogen and oxygen atoms in total. The highest BCUT2D eigenvalue weighted by Crippen LogP contribution is 2.69. The van der Waals surface area contributed by atoms with Gasteiger partial charge < -0.3 is 0 Å². The van der Waals surface area contributed by atoms with Crippen molar-refractivity contribution >= 4 is 31.2 Å². The molecular formula is C30H54O12S3. The molecule has 11 unspecified atom stereocenters. The minimum atomic E-state index is -5.07. The Hall–Kier alpha value is -0.390. The van der Waals surface area contributed by atoms with Gasteiger partial charge in [-0.05, 0) is 115 Å². The number of rotatable bonds is 12. The van der Waals surface area contributed by atoms with Crippen LogP contribution in [0.5, 0.6) is 0 Å². The molecule has 15 heteroatoms. The zero-order chi connectivity index (χ0) is 33.9. The smallest absolute Gasteiger partial charge is 0.264 e. The molecule has 0 amide bonds. The second-order valence-electron chi connectivity index (χ2n) is 15.8. The summed E-state index contributed by atoms with van der Waals surface area (Å²) in [4.78, 5) is 0. The predicted molar refractivity (Wildman–Crippen MR) is 167 cm³/mol. The van der Waals surface area contributed by atoms with Crippen LogP contribution < -0.4 is 0 Å². The molecule has 4 saturated carbocycles. The Morgan fingerprint density at radius 1 is 0.644 bits per heavy atom. The van der Waals surface area contributed by atoms with Crippen LogP contribution >= 0.6 is 0 Å². The summed E-state index contributed by atoms with van der Waals surface area (Å²) < 4.78 is 115. The Morgan fingerprint density at radius 2 is 1.16 bits per heavy atom. The van der Waals surface area contributed by atoms with Gasteiger partial charge in [0, 0.05) is 0 Å². The fourth-order valence-corrected chi connectivity index (χ4v) is 12.6. The van der Waals surface area contributed by atoms with Crippen LogP contribution in [0.3, 0.4) is 0 Å². The van der Waals surface area contributed by atoms with Crippen LogP contribution in [0.1, 0.15) is 106 Å². The van der Waals surface area contributed by atoms with Crippen molar-refractivity contribution < 1.29 is 51.5 Å². The highest BCUT2D eigenvalue weighted by Gasteiger charge is 2.65. The maximum Gasteiger partial charge on any atom is 0.397 e. The molecule has 0 aromatic carbocycles. The summed E-state index contributed by atoms with van der Waals surface area (Å²) in [6.45, 7) is 15.8. The van der Waals surface area contributed by atoms with E-state index in [1.165, 1.54) is 6.42 Å². The molecule has 3 N–H and O–H groups in total. The fourth-order valence-electron chi connectivity index (χ4n) is 11.1. The molecule has 0 saturated heterocycles. The molecular weight excluding hydrogens is 649 g/mol. The van der Waals surface area contributed by atoms with E-state index in [1.54, 1.807) is 0 Å². The van der Waals surface area contributed by atoms with E-state index in [1.807, 2.05) is 6.92 Å². The van der Waals surface area contributed by atoms with Gasteiger partial charge in [-0.15, -0.1) is 0 Å². The van der Waals surface area contributed by atoms with Crippen molar-refractivity contribution in [2.24, 2.45) is 64.1 Å². The Kier molecular flexibility index (Phi) is 10.9. The van der Waals surface area contributed by atoms with E-state index in [2.05, 4.69) is 41.5 Å². The summed E-state index contributed by atoms with van der Waals surface area (Å²) in [5.74, 6) is 2.42. The zero-order valence-corrected chi connectivity index (χ0v) is 30.0. The molecule has 264 valence electrons. The van der Waals surface area contributed by atoms with E-state index in [0.29, 0.717) is 36.0 Å². The molecule has 0 aromatic rings. The van der Waals surface area contributed by atoms with Gasteiger partial charge >= 0.3 is 31.2 Å². The first-order chi connectivity index (χ1) is 20.4. The van der Waals surface area contributed by atoms with Crippen LogP contribution in [0.2, 0.25) is 0 Å². The molecule has 4 aliphatic carbocycles. The molecule has 0 spiro atoms. The van der Waals surface area contributed by atoms with Gasteiger partial charge in [0.25, 0.3) is 0 Å². The molecule has 0 bridgehead atoms. The number of hydrogen-bond acceptors (Lipinski definition) is 9. The Balaban J connectivity index is 1.65. The standard InChI is InChI=1S/C30H54O12S3/c1-17(2)20(18(3)4)9-8-19(5)22-10-11-23-21-14-26(40-43(31,32)33)25-15-27(41-44(34,35)36)28(42-45(37,38)39)16-30(25,7)24(21)12-13-29(22,23)6/h17-28H,8-16H2,1-7H3,(H,31,32,33)(H,34,35,36)(H,37,38,39). The van der Waals surface area contributed by atoms with E-state index in [9.17, 15) is 38.9 Å². The van der Waals surface area contributed by atoms with E-state index in [4.69, 9.17) is 12.5 Å². The van der Waals surface area contributed by atoms with Crippen molar-refractivity contribution in [1.29, 1.82) is 0 Å². The summed E-state index contributed by atoms with van der Waals surface area (Å²) in [6, 6.07) is 0. The van der Waals surface area contributed by atoms with Gasteiger partial charge in [0.1, 0.15) is 12.2 Å². The Labute approximate surface area is 270 Å². The Morgan fingerprint density at radius 3 is 1.69 bits per heavy atom. The molecule has 11 atom stereocenters. The van der Waals surface area contributed by atoms with Gasteiger partial charge in [0.05, 0.1) is 6.10 Å². The summed E-state index contributed by atoms with van der Waals surface area (Å²) in [7, 11) is -15.0. The first-order valence-corrected chi connectivity index (χ1v) is 20.5. The number of hydrogen-bond donors (Lipinski definition) is 3. The van der Waals surface area contributed by atoms with Gasteiger partial charge in [-0.2, -0.15) is 25.3 Å². The highest BCUT2D eigenvalue weighted by molar-refractivity contribution is 7.81. The van der Waals surface area contributed by atoms with E-state index < -0.39 is 60.8 Å². The maximum atomic E-state index is 12.1. The van der Waals surface area contributed by atoms with E-state index in [0.717, 1.165) is 32.1 Å². The predicted octanol–water partition coefficient (Wildman–Crippen LogP) is 5.77. The minimum absolute atomic E-state index is 0.00143. The second kappa shape index (κ2) is 13.1. The fraction of sp³-hybridized carbons (Fsp3) is 1.00. The summed E-state index contributed by atoms with van der Waals surface area (Å²) in [5, 5.41) is 0. The van der Waals surface area contributed by atoms with Crippen LogP contribution in [-0.2, 0) is 43.7 Å². The molecule has 4 fully saturated rings. The summed E-state index contributed by atoms with van der Waals surface area (Å²) in [5.41, 5.74) is -0.813. The highest BCUT2D eigenvalue weighted by atomic mass is 32.3. The largest absolute Gasteiger partial charge is 0.397 e. The van der Waals surface area contributed by atoms with Crippen molar-refractivity contribution in [3.63, 3.8) is 0 Å². The van der Waals surface area contributed by atoms with Gasteiger partial charge in [-0.3, -0.25) is 13.7 Å². The third-order valence-electron chi connectivity index (χ3n) is 12.8. The van der Waals surface area contributed by atoms with Crippen molar-refractivity contribution in [1.82, 2.24) is 0 Å². The average Bonchev–Trinajstić information content (AvgIpc) is 3.19. The first kappa shape index (κ1) is 37.4. The van der Waals surface area contributed by atoms with E-state index in [-0.39, 0.29) is 36.0 Å². The Bertz CT molecular complexity index is 1370. The third-order valence-corrected chi connectivity index (χ3v) is 14.3. The zero-order valence-electron chi connectivity index (χ0n) is 27.5. The van der Waals surface area contributed by atoms with Gasteiger partial charge in [-0.1, -0.05) is 54.9 Å². The van der Waals surface area contributed by atoms with Crippen molar-refractivity contribution in [3.05, 3.63) is 0 Å². The van der Waals surface area contributed by atoms with Crippen molar-refractivity contribution in [2.45, 2.75) is 125 Å². The molecule has 0 radical (unpaired) electrons. The lowest BCUT2D eigenvalue weighted by atomic mass is 9.43. The normalized spacial score (nSPS) is 39.9. The lowest BCUT2D eigenvalue weighted by molar-refractivity contribution is -0.184. The average molecular weight is 703 g/mol. The minimum Gasteiger partial charge on any atom is -0.264 e. The topological polar surface area (TPSA) is 191 Å². The third kappa shape index (κ3) is 8.26. The van der Waals surface area contributed by atoms with Crippen LogP contribution in [0.15, 0.2) is 0 Å². The van der Waals surface area contributed by atoms with Gasteiger partial charge in [0.2, 0.25) is 0 Å². The summed E-state index contributed by atoms with van der Waals surface area (Å²) in [6.07, 6.45) is 1.98. The molecule has 0 aromatic heterocycles. The van der Waals surface area contributed by atoms with Crippen LogP contribution in [-0.4, -0.2) is 57.2 Å². The van der Waals surface area contributed by atoms with Crippen LogP contribution in [0.25, 0.3) is 0 Å². The van der Waals surface area contributed by atoms with Crippen molar-refractivity contribution in [3.8, 4) is 0 Å². The monoisotopic (exact) mass is 702 g/mol. The molecule has 0 heterocycles. The van der Waals surface area contributed by atoms with E-state index >= 15 is 0 Å². The van der Waals surface area contributed by atoms with Crippen molar-refractivity contribution in [2.75, 3.05) is 0 Å². The van der Waals surface area contributed by atoms with Gasteiger partial charge in [0.15, 0.2) is 0 Å². The molecule has 4 aliphatic rings. The molecule has 4 rings (SSSR count). The van der Waals surface area contributed by atoms with Gasteiger partial charge in [-0.25, -0.2) is 12.5 Å². The lowest BCUT2D eigenvalue weighted by Crippen LogP contribution is -2.62. The molecule has 45 heavy (non-hydrogen) atoms.